The quantitative estimate of drug-likeness (QED) is 0.574. The summed E-state index contributed by atoms with van der Waals surface area (Å²) in [5.41, 5.74) is 0.287. The van der Waals surface area contributed by atoms with Gasteiger partial charge in [0.25, 0.3) is 11.8 Å². The van der Waals surface area contributed by atoms with E-state index in [2.05, 4.69) is 15.7 Å². The number of amides is 3. The maximum atomic E-state index is 13.3. The van der Waals surface area contributed by atoms with E-state index in [0.29, 0.717) is 12.2 Å². The van der Waals surface area contributed by atoms with Crippen molar-refractivity contribution in [3.63, 3.8) is 0 Å². The van der Waals surface area contributed by atoms with Gasteiger partial charge in [0.1, 0.15) is 17.0 Å². The molecule has 1 atom stereocenters. The first-order valence-corrected chi connectivity index (χ1v) is 12.9. The lowest BCUT2D eigenvalue weighted by Crippen LogP contribution is -2.63. The number of carbonyl (C=O) groups is 3. The molecule has 1 aliphatic carbocycles. The minimum atomic E-state index is -1.09. The largest absolute Gasteiger partial charge is 0.491 e. The highest BCUT2D eigenvalue weighted by atomic mass is 16.5. The summed E-state index contributed by atoms with van der Waals surface area (Å²) >= 11 is 0. The Morgan fingerprint density at radius 3 is 2.44 bits per heavy atom. The number of hydrogen-bond acceptors (Lipinski definition) is 5. The number of nitrogens with one attached hydrogen (secondary N) is 2. The number of carbonyl (C=O) groups excluding carboxylic acids is 3. The third-order valence-electron chi connectivity index (χ3n) is 7.16. The summed E-state index contributed by atoms with van der Waals surface area (Å²) in [7, 11) is 1.64. The van der Waals surface area contributed by atoms with Crippen molar-refractivity contribution < 1.29 is 19.1 Å². The average Bonchev–Trinajstić information content (AvgIpc) is 3.10. The van der Waals surface area contributed by atoms with Gasteiger partial charge in [-0.3, -0.25) is 19.1 Å². The molecule has 3 amide bonds. The second-order valence-electron chi connectivity index (χ2n) is 10.4. The molecule has 36 heavy (non-hydrogen) atoms. The first-order chi connectivity index (χ1) is 17.2. The van der Waals surface area contributed by atoms with Gasteiger partial charge in [-0.25, -0.2) is 0 Å². The standard InChI is InChI=1S/C27H37N5O4/c1-18(2)36-21-13-11-19(12-14-21)16-28-24(33)22-15-23-25(34)31(4)27(3,17-32(23)30-22)26(35)29-20-9-7-5-6-8-10-20/h11-15,18,20H,5-10,16-17H2,1-4H3,(H,28,33)(H,29,35)/t27-/m0/s1. The van der Waals surface area contributed by atoms with Crippen LogP contribution in [0.2, 0.25) is 0 Å². The second kappa shape index (κ2) is 10.7. The predicted molar refractivity (Wildman–Crippen MR) is 136 cm³/mol. The highest BCUT2D eigenvalue weighted by Gasteiger charge is 2.46. The van der Waals surface area contributed by atoms with Gasteiger partial charge in [0.2, 0.25) is 5.91 Å². The van der Waals surface area contributed by atoms with E-state index in [4.69, 9.17) is 4.74 Å². The molecule has 4 rings (SSSR count). The lowest BCUT2D eigenvalue weighted by Gasteiger charge is -2.41. The molecule has 1 aromatic heterocycles. The van der Waals surface area contributed by atoms with E-state index >= 15 is 0 Å². The number of rotatable bonds is 7. The summed E-state index contributed by atoms with van der Waals surface area (Å²) in [6.45, 7) is 6.20. The molecular formula is C27H37N5O4. The molecule has 0 bridgehead atoms. The molecule has 1 saturated carbocycles. The first kappa shape index (κ1) is 25.7. The Balaban J connectivity index is 1.42. The lowest BCUT2D eigenvalue weighted by molar-refractivity contribution is -0.133. The van der Waals surface area contributed by atoms with Crippen LogP contribution in [0.25, 0.3) is 0 Å². The van der Waals surface area contributed by atoms with Crippen molar-refractivity contribution in [3.05, 3.63) is 47.3 Å². The maximum Gasteiger partial charge on any atom is 0.272 e. The van der Waals surface area contributed by atoms with Gasteiger partial charge in [-0.1, -0.05) is 37.8 Å². The zero-order chi connectivity index (χ0) is 25.9. The van der Waals surface area contributed by atoms with E-state index < -0.39 is 5.54 Å². The number of benzene rings is 1. The van der Waals surface area contributed by atoms with Crippen LogP contribution < -0.4 is 15.4 Å². The minimum Gasteiger partial charge on any atom is -0.491 e. The molecule has 0 saturated heterocycles. The van der Waals surface area contributed by atoms with Crippen molar-refractivity contribution in [2.75, 3.05) is 7.05 Å². The summed E-state index contributed by atoms with van der Waals surface area (Å²) in [4.78, 5) is 40.7. The van der Waals surface area contributed by atoms with Gasteiger partial charge in [-0.2, -0.15) is 5.10 Å². The molecule has 1 aliphatic heterocycles. The fraction of sp³-hybridized carbons (Fsp3) is 0.556. The highest BCUT2D eigenvalue weighted by molar-refractivity contribution is 6.01. The number of fused-ring (bicyclic) bond motifs is 1. The Labute approximate surface area is 212 Å². The molecule has 2 heterocycles. The molecule has 1 fully saturated rings. The minimum absolute atomic E-state index is 0.0917. The Kier molecular flexibility index (Phi) is 7.66. The van der Waals surface area contributed by atoms with E-state index in [1.165, 1.54) is 28.5 Å². The molecule has 0 radical (unpaired) electrons. The van der Waals surface area contributed by atoms with Crippen molar-refractivity contribution in [1.29, 1.82) is 0 Å². The van der Waals surface area contributed by atoms with Gasteiger partial charge in [0.15, 0.2) is 5.69 Å². The molecule has 9 heteroatoms. The molecule has 2 N–H and O–H groups in total. The van der Waals surface area contributed by atoms with Crippen LogP contribution >= 0.6 is 0 Å². The van der Waals surface area contributed by atoms with E-state index in [1.807, 2.05) is 38.1 Å². The van der Waals surface area contributed by atoms with Crippen LogP contribution in [-0.2, 0) is 17.9 Å². The molecule has 194 valence electrons. The summed E-state index contributed by atoms with van der Waals surface area (Å²) in [6, 6.07) is 9.15. The normalized spacial score (nSPS) is 20.6. The molecular weight excluding hydrogens is 458 g/mol. The Bertz CT molecular complexity index is 1100. The van der Waals surface area contributed by atoms with Crippen LogP contribution in [0.3, 0.4) is 0 Å². The van der Waals surface area contributed by atoms with E-state index in [9.17, 15) is 14.4 Å². The van der Waals surface area contributed by atoms with Crippen LogP contribution in [0.4, 0.5) is 0 Å². The number of nitrogens with zero attached hydrogens (tertiary/aromatic N) is 3. The van der Waals surface area contributed by atoms with Gasteiger partial charge in [-0.15, -0.1) is 0 Å². The van der Waals surface area contributed by atoms with Crippen molar-refractivity contribution >= 4 is 17.7 Å². The monoisotopic (exact) mass is 495 g/mol. The first-order valence-electron chi connectivity index (χ1n) is 12.9. The summed E-state index contributed by atoms with van der Waals surface area (Å²) < 4.78 is 7.13. The fourth-order valence-corrected chi connectivity index (χ4v) is 4.83. The SMILES string of the molecule is CC(C)Oc1ccc(CNC(=O)c2cc3n(n2)C[C@@](C)(C(=O)NC2CCCCCC2)N(C)C3=O)cc1. The zero-order valence-corrected chi connectivity index (χ0v) is 21.7. The topological polar surface area (TPSA) is 106 Å². The maximum absolute atomic E-state index is 13.3. The molecule has 2 aliphatic rings. The number of aromatic nitrogens is 2. The van der Waals surface area contributed by atoms with E-state index in [-0.39, 0.29) is 42.1 Å². The molecule has 0 unspecified atom stereocenters. The molecule has 1 aromatic carbocycles. The van der Waals surface area contributed by atoms with Gasteiger partial charge in [-0.05, 0) is 51.3 Å². The number of likely N-dealkylation sites (N-methyl/N-ethyl adjacent to an activating group) is 1. The van der Waals surface area contributed by atoms with Gasteiger partial charge in [0, 0.05) is 25.7 Å². The van der Waals surface area contributed by atoms with Crippen molar-refractivity contribution in [3.8, 4) is 5.75 Å². The van der Waals surface area contributed by atoms with Crippen LogP contribution in [0, 0.1) is 0 Å². The van der Waals surface area contributed by atoms with Crippen molar-refractivity contribution in [2.24, 2.45) is 0 Å². The van der Waals surface area contributed by atoms with Gasteiger partial charge >= 0.3 is 0 Å². The number of hydrogen-bond donors (Lipinski definition) is 2. The van der Waals surface area contributed by atoms with Crippen LogP contribution in [0.15, 0.2) is 30.3 Å². The molecule has 9 nitrogen and oxygen atoms in total. The Morgan fingerprint density at radius 2 is 1.81 bits per heavy atom. The summed E-state index contributed by atoms with van der Waals surface area (Å²) in [6.07, 6.45) is 6.62. The van der Waals surface area contributed by atoms with Crippen molar-refractivity contribution in [1.82, 2.24) is 25.3 Å². The lowest BCUT2D eigenvalue weighted by atomic mass is 9.95. The fourth-order valence-electron chi connectivity index (χ4n) is 4.83. The molecule has 0 spiro atoms. The third kappa shape index (κ3) is 5.55. The van der Waals surface area contributed by atoms with E-state index in [1.54, 1.807) is 14.0 Å². The summed E-state index contributed by atoms with van der Waals surface area (Å²) in [5.74, 6) is -0.107. The van der Waals surface area contributed by atoms with Crippen LogP contribution in [-0.4, -0.2) is 57.1 Å². The van der Waals surface area contributed by atoms with Crippen LogP contribution in [0.1, 0.15) is 85.8 Å². The predicted octanol–water partition coefficient (Wildman–Crippen LogP) is 3.28. The van der Waals surface area contributed by atoms with Gasteiger partial charge < -0.3 is 20.3 Å². The Hall–Kier alpha value is -3.36. The van der Waals surface area contributed by atoms with Crippen molar-refractivity contribution in [2.45, 2.75) is 90.1 Å². The summed E-state index contributed by atoms with van der Waals surface area (Å²) in [5, 5.41) is 10.4. The third-order valence-corrected chi connectivity index (χ3v) is 7.16. The average molecular weight is 496 g/mol. The second-order valence-corrected chi connectivity index (χ2v) is 10.4. The van der Waals surface area contributed by atoms with Crippen LogP contribution in [0.5, 0.6) is 5.75 Å². The van der Waals surface area contributed by atoms with E-state index in [0.717, 1.165) is 37.0 Å². The smallest absolute Gasteiger partial charge is 0.272 e. The van der Waals surface area contributed by atoms with Gasteiger partial charge in [0.05, 0.1) is 12.6 Å². The highest BCUT2D eigenvalue weighted by Crippen LogP contribution is 2.27. The zero-order valence-electron chi connectivity index (χ0n) is 21.7. The number of ether oxygens (including phenoxy) is 1. The molecule has 2 aromatic rings. The Morgan fingerprint density at radius 1 is 1.14 bits per heavy atom.